The molecule has 0 saturated heterocycles. The Hall–Kier alpha value is -2.82. The molecule has 5 heteroatoms. The van der Waals surface area contributed by atoms with E-state index in [0.717, 1.165) is 5.56 Å². The summed E-state index contributed by atoms with van der Waals surface area (Å²) < 4.78 is 10.4. The highest BCUT2D eigenvalue weighted by Crippen LogP contribution is 2.20. The van der Waals surface area contributed by atoms with Crippen molar-refractivity contribution in [3.05, 3.63) is 65.5 Å². The molecular formula is C16H14N2O3. The predicted molar refractivity (Wildman–Crippen MR) is 76.6 cm³/mol. The summed E-state index contributed by atoms with van der Waals surface area (Å²) in [5.74, 6) is 1.01. The fourth-order valence-electron chi connectivity index (χ4n) is 1.99. The lowest BCUT2D eigenvalue weighted by atomic mass is 10.1. The topological polar surface area (TPSA) is 68.3 Å². The Balaban J connectivity index is 1.64. The van der Waals surface area contributed by atoms with Gasteiger partial charge in [-0.2, -0.15) is 0 Å². The Morgan fingerprint density at radius 3 is 2.86 bits per heavy atom. The van der Waals surface area contributed by atoms with Gasteiger partial charge in [-0.25, -0.2) is 0 Å². The first kappa shape index (κ1) is 13.2. The smallest absolute Gasteiger partial charge is 0.251 e. The molecule has 3 aromatic rings. The first-order valence-electron chi connectivity index (χ1n) is 6.57. The Kier molecular flexibility index (Phi) is 3.55. The van der Waals surface area contributed by atoms with E-state index in [1.807, 2.05) is 25.1 Å². The van der Waals surface area contributed by atoms with Crippen LogP contribution < -0.4 is 5.32 Å². The third-order valence-corrected chi connectivity index (χ3v) is 3.03. The monoisotopic (exact) mass is 282 g/mol. The highest BCUT2D eigenvalue weighted by atomic mass is 16.5. The summed E-state index contributed by atoms with van der Waals surface area (Å²) in [7, 11) is 0. The van der Waals surface area contributed by atoms with Crippen LogP contribution in [0.25, 0.3) is 11.5 Å². The van der Waals surface area contributed by atoms with Crippen LogP contribution in [0, 0.1) is 6.92 Å². The second-order valence-electron chi connectivity index (χ2n) is 4.71. The van der Waals surface area contributed by atoms with Crippen LogP contribution in [-0.2, 0) is 6.54 Å². The van der Waals surface area contributed by atoms with E-state index < -0.39 is 0 Å². The number of nitrogens with zero attached hydrogens (tertiary/aromatic N) is 1. The first-order chi connectivity index (χ1) is 10.2. The van der Waals surface area contributed by atoms with E-state index in [1.165, 1.54) is 0 Å². The normalized spacial score (nSPS) is 10.5. The van der Waals surface area contributed by atoms with Crippen LogP contribution in [0.15, 0.2) is 57.7 Å². The van der Waals surface area contributed by atoms with Gasteiger partial charge in [-0.05, 0) is 31.2 Å². The average molecular weight is 282 g/mol. The fraction of sp³-hybridized carbons (Fsp3) is 0.125. The van der Waals surface area contributed by atoms with Crippen molar-refractivity contribution in [1.29, 1.82) is 0 Å². The van der Waals surface area contributed by atoms with Crippen molar-refractivity contribution in [1.82, 2.24) is 10.5 Å². The minimum atomic E-state index is -0.138. The van der Waals surface area contributed by atoms with Crippen LogP contribution in [0.2, 0.25) is 0 Å². The third-order valence-electron chi connectivity index (χ3n) is 3.03. The van der Waals surface area contributed by atoms with Crippen LogP contribution in [0.1, 0.15) is 21.6 Å². The fourth-order valence-corrected chi connectivity index (χ4v) is 1.99. The van der Waals surface area contributed by atoms with Gasteiger partial charge in [-0.15, -0.1) is 0 Å². The summed E-state index contributed by atoms with van der Waals surface area (Å²) in [5.41, 5.74) is 2.32. The van der Waals surface area contributed by atoms with Gasteiger partial charge in [0.2, 0.25) is 5.76 Å². The average Bonchev–Trinajstić information content (AvgIpc) is 3.15. The van der Waals surface area contributed by atoms with E-state index in [-0.39, 0.29) is 5.91 Å². The molecule has 106 valence electrons. The maximum absolute atomic E-state index is 12.0. The van der Waals surface area contributed by atoms with Gasteiger partial charge in [0, 0.05) is 11.6 Å². The molecular weight excluding hydrogens is 268 g/mol. The third kappa shape index (κ3) is 3.02. The van der Waals surface area contributed by atoms with Crippen molar-refractivity contribution < 1.29 is 13.7 Å². The lowest BCUT2D eigenvalue weighted by Crippen LogP contribution is -2.22. The van der Waals surface area contributed by atoms with E-state index in [1.54, 1.807) is 30.5 Å². The molecule has 0 saturated carbocycles. The number of aryl methyl sites for hydroxylation is 1. The second-order valence-corrected chi connectivity index (χ2v) is 4.71. The number of nitrogens with one attached hydrogen (secondary N) is 1. The maximum atomic E-state index is 12.0. The van der Waals surface area contributed by atoms with E-state index in [0.29, 0.717) is 29.3 Å². The highest BCUT2D eigenvalue weighted by molar-refractivity contribution is 5.94. The number of furan rings is 1. The number of hydrogen-bond acceptors (Lipinski definition) is 4. The summed E-state index contributed by atoms with van der Waals surface area (Å²) in [6.07, 6.45) is 1.57. The lowest BCUT2D eigenvalue weighted by Gasteiger charge is -2.03. The molecule has 0 bridgehead atoms. The van der Waals surface area contributed by atoms with Gasteiger partial charge >= 0.3 is 0 Å². The summed E-state index contributed by atoms with van der Waals surface area (Å²) in [6.45, 7) is 2.25. The van der Waals surface area contributed by atoms with Crippen molar-refractivity contribution >= 4 is 5.91 Å². The highest BCUT2D eigenvalue weighted by Gasteiger charge is 2.10. The quantitative estimate of drug-likeness (QED) is 0.798. The molecule has 0 aliphatic rings. The molecule has 3 rings (SSSR count). The summed E-state index contributed by atoms with van der Waals surface area (Å²) in [5, 5.41) is 6.71. The summed E-state index contributed by atoms with van der Waals surface area (Å²) in [6, 6.07) is 12.7. The molecule has 1 amide bonds. The largest absolute Gasteiger partial charge is 0.461 e. The van der Waals surface area contributed by atoms with Crippen molar-refractivity contribution in [2.45, 2.75) is 13.5 Å². The number of carbonyl (C=O) groups excluding carboxylic acids is 1. The van der Waals surface area contributed by atoms with Crippen molar-refractivity contribution in [2.24, 2.45) is 0 Å². The first-order valence-corrected chi connectivity index (χ1v) is 6.57. The molecule has 0 atom stereocenters. The van der Waals surface area contributed by atoms with Gasteiger partial charge in [0.15, 0.2) is 5.76 Å². The second kappa shape index (κ2) is 5.66. The maximum Gasteiger partial charge on any atom is 0.251 e. The number of benzene rings is 1. The van der Waals surface area contributed by atoms with Crippen molar-refractivity contribution in [2.75, 3.05) is 0 Å². The molecule has 0 aliphatic heterocycles. The van der Waals surface area contributed by atoms with E-state index >= 15 is 0 Å². The zero-order chi connectivity index (χ0) is 14.7. The van der Waals surface area contributed by atoms with E-state index in [4.69, 9.17) is 8.94 Å². The summed E-state index contributed by atoms with van der Waals surface area (Å²) >= 11 is 0. The van der Waals surface area contributed by atoms with Gasteiger partial charge in [0.25, 0.3) is 5.91 Å². The minimum Gasteiger partial charge on any atom is -0.461 e. The molecule has 0 aliphatic carbocycles. The Morgan fingerprint density at radius 1 is 1.19 bits per heavy atom. The number of hydrogen-bond donors (Lipinski definition) is 1. The zero-order valence-electron chi connectivity index (χ0n) is 11.5. The number of carbonyl (C=O) groups is 1. The Morgan fingerprint density at radius 2 is 2.10 bits per heavy atom. The predicted octanol–water partition coefficient (Wildman–Crippen LogP) is 3.17. The Bertz CT molecular complexity index is 744. The molecule has 21 heavy (non-hydrogen) atoms. The van der Waals surface area contributed by atoms with Gasteiger partial charge in [0.1, 0.15) is 5.69 Å². The van der Waals surface area contributed by atoms with Gasteiger partial charge in [-0.1, -0.05) is 22.9 Å². The molecule has 1 N–H and O–H groups in total. The van der Waals surface area contributed by atoms with Crippen LogP contribution in [0.3, 0.4) is 0 Å². The van der Waals surface area contributed by atoms with Gasteiger partial charge < -0.3 is 14.3 Å². The molecule has 2 heterocycles. The van der Waals surface area contributed by atoms with Crippen molar-refractivity contribution in [3.8, 4) is 11.5 Å². The van der Waals surface area contributed by atoms with E-state index in [9.17, 15) is 4.79 Å². The van der Waals surface area contributed by atoms with Crippen LogP contribution in [-0.4, -0.2) is 11.1 Å². The van der Waals surface area contributed by atoms with Gasteiger partial charge in [-0.3, -0.25) is 4.79 Å². The molecule has 5 nitrogen and oxygen atoms in total. The summed E-state index contributed by atoms with van der Waals surface area (Å²) in [4.78, 5) is 12.0. The molecule has 2 aromatic heterocycles. The van der Waals surface area contributed by atoms with Crippen molar-refractivity contribution in [3.63, 3.8) is 0 Å². The molecule has 0 spiro atoms. The van der Waals surface area contributed by atoms with Gasteiger partial charge in [0.05, 0.1) is 12.8 Å². The Labute approximate surface area is 121 Å². The SMILES string of the molecule is Cc1cccc(C(=O)NCc2cc(-c3ccco3)on2)c1. The molecule has 1 aromatic carbocycles. The molecule has 0 unspecified atom stereocenters. The van der Waals surface area contributed by atoms with Crippen LogP contribution in [0.5, 0.6) is 0 Å². The van der Waals surface area contributed by atoms with Crippen LogP contribution >= 0.6 is 0 Å². The molecule has 0 radical (unpaired) electrons. The lowest BCUT2D eigenvalue weighted by molar-refractivity contribution is 0.0950. The standard InChI is InChI=1S/C16H14N2O3/c1-11-4-2-5-12(8-11)16(19)17-10-13-9-15(21-18-13)14-6-3-7-20-14/h2-9H,10H2,1H3,(H,17,19). The minimum absolute atomic E-state index is 0.138. The number of rotatable bonds is 4. The van der Waals surface area contributed by atoms with E-state index in [2.05, 4.69) is 10.5 Å². The van der Waals surface area contributed by atoms with Crippen LogP contribution in [0.4, 0.5) is 0 Å². The number of amides is 1. The molecule has 0 fully saturated rings. The number of aromatic nitrogens is 1. The zero-order valence-corrected chi connectivity index (χ0v) is 11.5.